The van der Waals surface area contributed by atoms with Gasteiger partial charge in [-0.1, -0.05) is 0 Å². The second kappa shape index (κ2) is 5.47. The molecule has 0 bridgehead atoms. The minimum atomic E-state index is -1.38. The zero-order chi connectivity index (χ0) is 14.0. The Labute approximate surface area is 120 Å². The number of benzene rings is 1. The Hall–Kier alpha value is -1.77. The summed E-state index contributed by atoms with van der Waals surface area (Å²) in [6, 6.07) is 4.97. The topological polar surface area (TPSA) is 62.2 Å². The summed E-state index contributed by atoms with van der Waals surface area (Å²) in [6.07, 6.45) is 1.19. The first-order valence-electron chi connectivity index (χ1n) is 5.09. The third-order valence-corrected chi connectivity index (χ3v) is 3.20. The number of hydrogen-bond donors (Lipinski definition) is 2. The van der Waals surface area contributed by atoms with Crippen molar-refractivity contribution in [2.24, 2.45) is 0 Å². The lowest BCUT2D eigenvalue weighted by Crippen LogP contribution is -2.06. The van der Waals surface area contributed by atoms with E-state index in [2.05, 4.69) is 10.3 Å². The van der Waals surface area contributed by atoms with Crippen LogP contribution in [0.4, 0.5) is 20.3 Å². The molecule has 0 aliphatic rings. The van der Waals surface area contributed by atoms with Crippen molar-refractivity contribution < 1.29 is 18.7 Å². The predicted molar refractivity (Wildman–Crippen MR) is 73.6 cm³/mol. The van der Waals surface area contributed by atoms with E-state index in [1.165, 1.54) is 24.4 Å². The van der Waals surface area contributed by atoms with E-state index in [4.69, 9.17) is 5.11 Å². The third kappa shape index (κ3) is 2.98. The van der Waals surface area contributed by atoms with Gasteiger partial charge in [0.25, 0.3) is 0 Å². The summed E-state index contributed by atoms with van der Waals surface area (Å²) in [5.74, 6) is -2.97. The van der Waals surface area contributed by atoms with Gasteiger partial charge in [0.15, 0.2) is 11.6 Å². The molecule has 2 aromatic rings. The Balaban J connectivity index is 2.38. The van der Waals surface area contributed by atoms with E-state index in [0.717, 1.165) is 6.07 Å². The number of rotatable bonds is 3. The molecular weight excluding hydrogens is 369 g/mol. The molecule has 2 N–H and O–H groups in total. The van der Waals surface area contributed by atoms with E-state index in [1.807, 2.05) is 22.6 Å². The van der Waals surface area contributed by atoms with Crippen LogP contribution in [0.25, 0.3) is 0 Å². The Morgan fingerprint density at radius 1 is 1.32 bits per heavy atom. The number of halogens is 3. The van der Waals surface area contributed by atoms with E-state index in [9.17, 15) is 13.6 Å². The molecule has 0 spiro atoms. The molecule has 0 amide bonds. The Kier molecular flexibility index (Phi) is 3.93. The van der Waals surface area contributed by atoms with Gasteiger partial charge in [0.2, 0.25) is 0 Å². The first-order valence-corrected chi connectivity index (χ1v) is 6.17. The normalized spacial score (nSPS) is 10.3. The van der Waals surface area contributed by atoms with Crippen LogP contribution in [-0.4, -0.2) is 16.1 Å². The van der Waals surface area contributed by atoms with Crippen LogP contribution in [0.1, 0.15) is 10.4 Å². The molecule has 0 fully saturated rings. The lowest BCUT2D eigenvalue weighted by molar-refractivity contribution is 0.0692. The lowest BCUT2D eigenvalue weighted by Gasteiger charge is -2.09. The largest absolute Gasteiger partial charge is 0.478 e. The quantitative estimate of drug-likeness (QED) is 0.807. The van der Waals surface area contributed by atoms with Gasteiger partial charge < -0.3 is 10.4 Å². The van der Waals surface area contributed by atoms with Crippen LogP contribution >= 0.6 is 22.6 Å². The molecule has 98 valence electrons. The molecule has 0 radical (unpaired) electrons. The highest BCUT2D eigenvalue weighted by atomic mass is 127. The van der Waals surface area contributed by atoms with Crippen molar-refractivity contribution in [3.8, 4) is 0 Å². The minimum Gasteiger partial charge on any atom is -0.478 e. The maximum Gasteiger partial charge on any atom is 0.338 e. The zero-order valence-corrected chi connectivity index (χ0v) is 11.5. The molecule has 1 heterocycles. The van der Waals surface area contributed by atoms with Crippen LogP contribution in [0.5, 0.6) is 0 Å². The van der Waals surface area contributed by atoms with Crippen LogP contribution in [0.15, 0.2) is 30.5 Å². The summed E-state index contributed by atoms with van der Waals surface area (Å²) in [7, 11) is 0. The van der Waals surface area contributed by atoms with Crippen LogP contribution in [-0.2, 0) is 0 Å². The van der Waals surface area contributed by atoms with E-state index >= 15 is 0 Å². The van der Waals surface area contributed by atoms with Crippen molar-refractivity contribution >= 4 is 40.1 Å². The van der Waals surface area contributed by atoms with Crippen molar-refractivity contribution in [3.05, 3.63) is 51.2 Å². The number of carboxylic acids is 1. The summed E-state index contributed by atoms with van der Waals surface area (Å²) in [5.41, 5.74) is -0.0365. The second-order valence-electron chi connectivity index (χ2n) is 3.58. The van der Waals surface area contributed by atoms with Gasteiger partial charge in [0.1, 0.15) is 11.4 Å². The molecule has 1 aromatic carbocycles. The molecule has 0 aliphatic heterocycles. The van der Waals surface area contributed by atoms with Crippen molar-refractivity contribution in [3.63, 3.8) is 0 Å². The van der Waals surface area contributed by atoms with Gasteiger partial charge in [-0.15, -0.1) is 0 Å². The van der Waals surface area contributed by atoms with Crippen LogP contribution in [0, 0.1) is 15.2 Å². The average molecular weight is 376 g/mol. The summed E-state index contributed by atoms with van der Waals surface area (Å²) >= 11 is 1.88. The summed E-state index contributed by atoms with van der Waals surface area (Å²) in [5, 5.41) is 11.4. The Morgan fingerprint density at radius 2 is 2.05 bits per heavy atom. The van der Waals surface area contributed by atoms with Gasteiger partial charge in [-0.2, -0.15) is 0 Å². The molecule has 19 heavy (non-hydrogen) atoms. The first kappa shape index (κ1) is 13.7. The summed E-state index contributed by atoms with van der Waals surface area (Å²) in [6.45, 7) is 0. The Morgan fingerprint density at radius 3 is 2.68 bits per heavy atom. The van der Waals surface area contributed by atoms with Crippen LogP contribution in [0.3, 0.4) is 0 Å². The molecular formula is C12H7F2IN2O2. The minimum absolute atomic E-state index is 0.218. The highest BCUT2D eigenvalue weighted by Gasteiger charge is 2.15. The number of carboxylic acid groups (broad SMARTS) is 1. The highest BCUT2D eigenvalue weighted by molar-refractivity contribution is 14.1. The maximum absolute atomic E-state index is 13.8. The number of nitrogens with zero attached hydrogens (tertiary/aromatic N) is 1. The van der Waals surface area contributed by atoms with E-state index in [0.29, 0.717) is 9.26 Å². The molecule has 0 atom stereocenters. The number of nitrogens with one attached hydrogen (secondary N) is 1. The van der Waals surface area contributed by atoms with Gasteiger partial charge in [-0.25, -0.2) is 18.6 Å². The highest BCUT2D eigenvalue weighted by Crippen LogP contribution is 2.24. The molecule has 1 aromatic heterocycles. The first-order chi connectivity index (χ1) is 8.99. The number of aromatic carboxylic acids is 1. The SMILES string of the molecule is O=C(O)c1ccnc(Nc2ccc(F)cc2I)c1F. The van der Waals surface area contributed by atoms with Crippen LogP contribution < -0.4 is 5.32 Å². The number of hydrogen-bond acceptors (Lipinski definition) is 3. The van der Waals surface area contributed by atoms with E-state index in [-0.39, 0.29) is 5.82 Å². The monoisotopic (exact) mass is 376 g/mol. The van der Waals surface area contributed by atoms with Crippen molar-refractivity contribution in [1.82, 2.24) is 4.98 Å². The number of aromatic nitrogens is 1. The smallest absolute Gasteiger partial charge is 0.338 e. The fraction of sp³-hybridized carbons (Fsp3) is 0. The van der Waals surface area contributed by atoms with E-state index in [1.54, 1.807) is 0 Å². The maximum atomic E-state index is 13.8. The summed E-state index contributed by atoms with van der Waals surface area (Å²) in [4.78, 5) is 14.5. The summed E-state index contributed by atoms with van der Waals surface area (Å²) < 4.78 is 27.3. The molecule has 0 saturated heterocycles. The molecule has 0 unspecified atom stereocenters. The molecule has 2 rings (SSSR count). The van der Waals surface area contributed by atoms with Gasteiger partial charge in [-0.3, -0.25) is 0 Å². The third-order valence-electron chi connectivity index (χ3n) is 2.30. The van der Waals surface area contributed by atoms with Gasteiger partial charge in [0, 0.05) is 9.77 Å². The number of anilines is 2. The van der Waals surface area contributed by atoms with E-state index < -0.39 is 23.2 Å². The number of pyridine rings is 1. The molecule has 4 nitrogen and oxygen atoms in total. The molecule has 7 heteroatoms. The standard InChI is InChI=1S/C12H7F2IN2O2/c13-6-1-2-9(8(15)5-6)17-11-10(14)7(12(18)19)3-4-16-11/h1-5H,(H,16,17)(H,18,19). The Bertz CT molecular complexity index is 650. The molecule has 0 saturated carbocycles. The fourth-order valence-electron chi connectivity index (χ4n) is 1.41. The second-order valence-corrected chi connectivity index (χ2v) is 4.74. The van der Waals surface area contributed by atoms with Gasteiger partial charge in [0.05, 0.1) is 5.69 Å². The zero-order valence-electron chi connectivity index (χ0n) is 9.32. The van der Waals surface area contributed by atoms with Crippen LogP contribution in [0.2, 0.25) is 0 Å². The number of carbonyl (C=O) groups is 1. The van der Waals surface area contributed by atoms with Gasteiger partial charge >= 0.3 is 5.97 Å². The van der Waals surface area contributed by atoms with Gasteiger partial charge in [-0.05, 0) is 46.9 Å². The lowest BCUT2D eigenvalue weighted by atomic mass is 10.2. The average Bonchev–Trinajstić information content (AvgIpc) is 2.34. The predicted octanol–water partition coefficient (Wildman–Crippen LogP) is 3.41. The van der Waals surface area contributed by atoms with Crippen molar-refractivity contribution in [2.45, 2.75) is 0 Å². The van der Waals surface area contributed by atoms with Crippen molar-refractivity contribution in [2.75, 3.05) is 5.32 Å². The van der Waals surface area contributed by atoms with Crippen molar-refractivity contribution in [1.29, 1.82) is 0 Å². The fourth-order valence-corrected chi connectivity index (χ4v) is 2.03. The molecule has 0 aliphatic carbocycles.